The average molecular weight is 363 g/mol. The van der Waals surface area contributed by atoms with E-state index in [4.69, 9.17) is 16.6 Å². The second kappa shape index (κ2) is 7.33. The lowest BCUT2D eigenvalue weighted by atomic mass is 10.1. The Bertz CT molecular complexity index is 984. The summed E-state index contributed by atoms with van der Waals surface area (Å²) in [4.78, 5) is 20.7. The van der Waals surface area contributed by atoms with Crippen LogP contribution in [0.15, 0.2) is 67.4 Å². The highest BCUT2D eigenvalue weighted by atomic mass is 35.5. The van der Waals surface area contributed by atoms with Crippen LogP contribution in [-0.4, -0.2) is 24.9 Å². The van der Waals surface area contributed by atoms with Gasteiger partial charge in [0.25, 0.3) is 0 Å². The lowest BCUT2D eigenvalue weighted by Crippen LogP contribution is -2.05. The number of pyridine rings is 1. The van der Waals surface area contributed by atoms with Crippen LogP contribution in [0.4, 0.5) is 5.95 Å². The van der Waals surface area contributed by atoms with Gasteiger partial charge in [-0.05, 0) is 23.8 Å². The first-order valence-corrected chi connectivity index (χ1v) is 8.43. The van der Waals surface area contributed by atoms with Crippen molar-refractivity contribution in [2.24, 2.45) is 0 Å². The van der Waals surface area contributed by atoms with Gasteiger partial charge < -0.3 is 10.3 Å². The van der Waals surface area contributed by atoms with Crippen molar-refractivity contribution in [3.63, 3.8) is 0 Å². The Morgan fingerprint density at radius 1 is 1.00 bits per heavy atom. The van der Waals surface area contributed by atoms with Crippen molar-refractivity contribution in [3.05, 3.63) is 78.0 Å². The molecule has 0 radical (unpaired) electrons. The highest BCUT2D eigenvalue weighted by molar-refractivity contribution is 6.30. The summed E-state index contributed by atoms with van der Waals surface area (Å²) in [6.07, 6.45) is 8.80. The van der Waals surface area contributed by atoms with E-state index in [1.165, 1.54) is 0 Å². The molecule has 0 saturated carbocycles. The highest BCUT2D eigenvalue weighted by Gasteiger charge is 2.13. The molecular weight excluding hydrogens is 348 g/mol. The molecule has 3 aromatic heterocycles. The number of benzene rings is 1. The number of halogens is 1. The molecule has 4 rings (SSSR count). The molecular formula is C19H15ClN6. The first-order valence-electron chi connectivity index (χ1n) is 8.05. The molecule has 1 aromatic carbocycles. The van der Waals surface area contributed by atoms with Crippen LogP contribution in [0.3, 0.4) is 0 Å². The Kier molecular flexibility index (Phi) is 4.57. The molecule has 0 aliphatic rings. The first kappa shape index (κ1) is 16.2. The number of nitrogens with zero attached hydrogens (tertiary/aromatic N) is 4. The van der Waals surface area contributed by atoms with Gasteiger partial charge >= 0.3 is 0 Å². The van der Waals surface area contributed by atoms with Crippen LogP contribution >= 0.6 is 11.6 Å². The van der Waals surface area contributed by atoms with Gasteiger partial charge in [0, 0.05) is 48.1 Å². The SMILES string of the molecule is Clc1ccc(-c2nc(NCc3cccnc3)ncc2-c2ncc[nH]2)cc1. The standard InChI is InChI=1S/C19H15ClN6/c20-15-5-3-14(4-6-15)17-16(18-22-8-9-23-18)12-25-19(26-17)24-11-13-2-1-7-21-10-13/h1-10,12H,11H2,(H,22,23)(H,24,25,26). The Hall–Kier alpha value is -3.25. The molecule has 0 aliphatic heterocycles. The zero-order valence-electron chi connectivity index (χ0n) is 13.7. The smallest absolute Gasteiger partial charge is 0.223 e. The van der Waals surface area contributed by atoms with Gasteiger partial charge in [0.15, 0.2) is 0 Å². The van der Waals surface area contributed by atoms with Crippen LogP contribution in [0.2, 0.25) is 5.02 Å². The first-order chi connectivity index (χ1) is 12.8. The fourth-order valence-electron chi connectivity index (χ4n) is 2.56. The molecule has 0 atom stereocenters. The van der Waals surface area contributed by atoms with Crippen molar-refractivity contribution in [2.45, 2.75) is 6.54 Å². The number of anilines is 1. The van der Waals surface area contributed by atoms with Crippen LogP contribution in [0.5, 0.6) is 0 Å². The third kappa shape index (κ3) is 3.55. The summed E-state index contributed by atoms with van der Waals surface area (Å²) in [5.74, 6) is 1.25. The normalized spacial score (nSPS) is 10.7. The number of imidazole rings is 1. The number of aromatic nitrogens is 5. The minimum absolute atomic E-state index is 0.536. The molecule has 0 amide bonds. The summed E-state index contributed by atoms with van der Waals surface area (Å²) in [5.41, 5.74) is 3.59. The lowest BCUT2D eigenvalue weighted by Gasteiger charge is -2.10. The number of H-pyrrole nitrogens is 1. The summed E-state index contributed by atoms with van der Waals surface area (Å²) < 4.78 is 0. The maximum atomic E-state index is 6.02. The predicted molar refractivity (Wildman–Crippen MR) is 102 cm³/mol. The minimum atomic E-state index is 0.536. The van der Waals surface area contributed by atoms with E-state index in [1.54, 1.807) is 24.8 Å². The Morgan fingerprint density at radius 2 is 1.88 bits per heavy atom. The average Bonchev–Trinajstić information content (AvgIpc) is 3.22. The monoisotopic (exact) mass is 362 g/mol. The van der Waals surface area contributed by atoms with Gasteiger partial charge in [0.05, 0.1) is 11.3 Å². The van der Waals surface area contributed by atoms with Crippen LogP contribution in [0.1, 0.15) is 5.56 Å². The van der Waals surface area contributed by atoms with E-state index < -0.39 is 0 Å². The number of aromatic amines is 1. The second-order valence-electron chi connectivity index (χ2n) is 5.62. The largest absolute Gasteiger partial charge is 0.350 e. The molecule has 4 aromatic rings. The molecule has 3 heterocycles. The molecule has 128 valence electrons. The fraction of sp³-hybridized carbons (Fsp3) is 0.0526. The highest BCUT2D eigenvalue weighted by Crippen LogP contribution is 2.29. The Balaban J connectivity index is 1.69. The molecule has 0 unspecified atom stereocenters. The number of hydrogen-bond acceptors (Lipinski definition) is 5. The summed E-state index contributed by atoms with van der Waals surface area (Å²) in [5, 5.41) is 3.91. The third-order valence-electron chi connectivity index (χ3n) is 3.83. The van der Waals surface area contributed by atoms with E-state index in [9.17, 15) is 0 Å². The Labute approximate surface area is 155 Å². The topological polar surface area (TPSA) is 79.4 Å². The van der Waals surface area contributed by atoms with Crippen LogP contribution in [-0.2, 0) is 6.54 Å². The van der Waals surface area contributed by atoms with Crippen molar-refractivity contribution in [2.75, 3.05) is 5.32 Å². The summed E-state index contributed by atoms with van der Waals surface area (Å²) in [6, 6.07) is 11.4. The molecule has 2 N–H and O–H groups in total. The van der Waals surface area contributed by atoms with E-state index in [1.807, 2.05) is 42.6 Å². The molecule has 0 aliphatic carbocycles. The third-order valence-corrected chi connectivity index (χ3v) is 4.09. The summed E-state index contributed by atoms with van der Waals surface area (Å²) in [6.45, 7) is 0.591. The van der Waals surface area contributed by atoms with Gasteiger partial charge in [-0.25, -0.2) is 15.0 Å². The molecule has 6 nitrogen and oxygen atoms in total. The minimum Gasteiger partial charge on any atom is -0.350 e. The van der Waals surface area contributed by atoms with Crippen molar-refractivity contribution in [3.8, 4) is 22.6 Å². The van der Waals surface area contributed by atoms with Gasteiger partial charge in [0.2, 0.25) is 5.95 Å². The molecule has 0 bridgehead atoms. The number of nitrogens with one attached hydrogen (secondary N) is 2. The Morgan fingerprint density at radius 3 is 2.62 bits per heavy atom. The maximum Gasteiger partial charge on any atom is 0.223 e. The fourth-order valence-corrected chi connectivity index (χ4v) is 2.69. The summed E-state index contributed by atoms with van der Waals surface area (Å²) in [7, 11) is 0. The van der Waals surface area contributed by atoms with Crippen molar-refractivity contribution in [1.29, 1.82) is 0 Å². The molecule has 0 fully saturated rings. The lowest BCUT2D eigenvalue weighted by molar-refractivity contribution is 1.04. The molecule has 7 heteroatoms. The van der Waals surface area contributed by atoms with Crippen molar-refractivity contribution >= 4 is 17.5 Å². The van der Waals surface area contributed by atoms with Gasteiger partial charge in [-0.15, -0.1) is 0 Å². The predicted octanol–water partition coefficient (Wildman–Crippen LogP) is 4.19. The van der Waals surface area contributed by atoms with E-state index in [0.29, 0.717) is 23.3 Å². The second-order valence-corrected chi connectivity index (χ2v) is 6.05. The van der Waals surface area contributed by atoms with Gasteiger partial charge in [-0.2, -0.15) is 0 Å². The van der Waals surface area contributed by atoms with Crippen LogP contribution in [0.25, 0.3) is 22.6 Å². The van der Waals surface area contributed by atoms with E-state index in [0.717, 1.165) is 22.4 Å². The van der Waals surface area contributed by atoms with Crippen molar-refractivity contribution in [1.82, 2.24) is 24.9 Å². The van der Waals surface area contributed by atoms with Crippen LogP contribution in [0, 0.1) is 0 Å². The number of rotatable bonds is 5. The van der Waals surface area contributed by atoms with E-state index in [-0.39, 0.29) is 0 Å². The maximum absolute atomic E-state index is 6.02. The molecule has 0 spiro atoms. The van der Waals surface area contributed by atoms with E-state index >= 15 is 0 Å². The summed E-state index contributed by atoms with van der Waals surface area (Å²) >= 11 is 6.02. The zero-order valence-corrected chi connectivity index (χ0v) is 14.5. The van der Waals surface area contributed by atoms with Gasteiger partial charge in [0.1, 0.15) is 5.82 Å². The molecule has 26 heavy (non-hydrogen) atoms. The zero-order chi connectivity index (χ0) is 17.8. The van der Waals surface area contributed by atoms with Crippen LogP contribution < -0.4 is 5.32 Å². The quantitative estimate of drug-likeness (QED) is 0.556. The van der Waals surface area contributed by atoms with Gasteiger partial charge in [-0.3, -0.25) is 4.98 Å². The number of hydrogen-bond donors (Lipinski definition) is 2. The van der Waals surface area contributed by atoms with Crippen molar-refractivity contribution < 1.29 is 0 Å². The van der Waals surface area contributed by atoms with E-state index in [2.05, 4.69) is 25.3 Å². The molecule has 0 saturated heterocycles. The van der Waals surface area contributed by atoms with Gasteiger partial charge in [-0.1, -0.05) is 29.8 Å².